The van der Waals surface area contributed by atoms with Gasteiger partial charge in [0.1, 0.15) is 0 Å². The number of alkyl halides is 10. The van der Waals surface area contributed by atoms with Gasteiger partial charge in [0, 0.05) is 6.92 Å². The predicted molar refractivity (Wildman–Crippen MR) is 66.7 cm³/mol. The second kappa shape index (κ2) is 8.73. The van der Waals surface area contributed by atoms with E-state index in [1.165, 1.54) is 0 Å². The van der Waals surface area contributed by atoms with E-state index in [0.29, 0.717) is 6.92 Å². The highest BCUT2D eigenvalue weighted by Crippen LogP contribution is 2.38. The summed E-state index contributed by atoms with van der Waals surface area (Å²) < 4.78 is 177. The van der Waals surface area contributed by atoms with E-state index < -0.39 is 61.3 Å². The third kappa shape index (κ3) is 8.06. The van der Waals surface area contributed by atoms with Gasteiger partial charge in [-0.15, -0.1) is 0 Å². The number of hydrogen-bond donors (Lipinski definition) is 3. The molecule has 0 aromatic carbocycles. The second-order valence-corrected chi connectivity index (χ2v) is 7.54. The molecule has 21 heteroatoms. The molecule has 0 amide bonds. The van der Waals surface area contributed by atoms with Crippen LogP contribution >= 0.6 is 0 Å². The number of halogens is 10. The van der Waals surface area contributed by atoms with Gasteiger partial charge in [0.25, 0.3) is 6.10 Å². The summed E-state index contributed by atoms with van der Waals surface area (Å²) in [7, 11) is -12.6. The van der Waals surface area contributed by atoms with E-state index in [1.54, 1.807) is 0 Å². The van der Waals surface area contributed by atoms with Crippen molar-refractivity contribution in [1.82, 2.24) is 0 Å². The molecule has 0 fully saturated rings. The molecule has 0 rings (SSSR count). The highest BCUT2D eigenvalue weighted by molar-refractivity contribution is 7.87. The van der Waals surface area contributed by atoms with Crippen LogP contribution in [-0.2, 0) is 29.8 Å². The van der Waals surface area contributed by atoms with Crippen LogP contribution in [0.1, 0.15) is 6.92 Å². The number of ether oxygens (including phenoxy) is 1. The molecule has 0 aliphatic rings. The highest BCUT2D eigenvalue weighted by Gasteiger charge is 2.66. The van der Waals surface area contributed by atoms with Gasteiger partial charge in [0.05, 0.1) is 0 Å². The standard InChI is InChI=1S/C5H5F5O5S.C3H3F5O4S/c1-2(11)15-3(4(6,7)8)5(9,10)16(12,13)14;4-2(5,6)1(9)3(7,8)13(10,11)12/h3H,1H3,(H,12,13,14);1,9H,(H,10,11,12). The van der Waals surface area contributed by atoms with Crippen molar-refractivity contribution >= 4 is 26.2 Å². The van der Waals surface area contributed by atoms with Crippen molar-refractivity contribution < 1.29 is 84.5 Å². The normalized spacial score (nSPS) is 16.3. The third-order valence-electron chi connectivity index (χ3n) is 2.20. The summed E-state index contributed by atoms with van der Waals surface area (Å²) in [5.74, 6) is -1.77. The van der Waals surface area contributed by atoms with E-state index in [-0.39, 0.29) is 0 Å². The quantitative estimate of drug-likeness (QED) is 0.287. The van der Waals surface area contributed by atoms with Crippen LogP contribution < -0.4 is 0 Å². The van der Waals surface area contributed by atoms with Gasteiger partial charge < -0.3 is 9.84 Å². The van der Waals surface area contributed by atoms with Gasteiger partial charge in [-0.1, -0.05) is 0 Å². The number of esters is 1. The number of aliphatic hydroxyl groups is 1. The number of carbonyl (C=O) groups is 1. The maximum Gasteiger partial charge on any atom is 0.432 e. The van der Waals surface area contributed by atoms with Crippen molar-refractivity contribution in [3.05, 3.63) is 0 Å². The number of hydrogen-bond acceptors (Lipinski definition) is 7. The Morgan fingerprint density at radius 1 is 0.759 bits per heavy atom. The molecule has 0 radical (unpaired) electrons. The molecule has 29 heavy (non-hydrogen) atoms. The maximum atomic E-state index is 12.6. The Labute approximate surface area is 153 Å². The van der Waals surface area contributed by atoms with Gasteiger partial charge in [-0.3, -0.25) is 13.9 Å². The zero-order valence-electron chi connectivity index (χ0n) is 13.0. The molecular formula is C8H8F10O9S2. The Bertz CT molecular complexity index is 783. The van der Waals surface area contributed by atoms with Gasteiger partial charge in [0.2, 0.25) is 6.10 Å². The fourth-order valence-electron chi connectivity index (χ4n) is 0.959. The predicted octanol–water partition coefficient (Wildman–Crippen LogP) is 1.35. The molecule has 0 aromatic rings. The van der Waals surface area contributed by atoms with E-state index in [4.69, 9.17) is 14.2 Å². The minimum Gasteiger partial charge on any atom is -0.445 e. The fraction of sp³-hybridized carbons (Fsp3) is 0.875. The molecule has 0 saturated heterocycles. The third-order valence-corrected chi connectivity index (χ3v) is 4.02. The Kier molecular flexibility index (Phi) is 8.96. The first-order chi connectivity index (χ1) is 12.2. The van der Waals surface area contributed by atoms with Crippen LogP contribution in [0.25, 0.3) is 0 Å². The molecule has 9 nitrogen and oxygen atoms in total. The fourth-order valence-corrected chi connectivity index (χ4v) is 1.83. The lowest BCUT2D eigenvalue weighted by Crippen LogP contribution is -2.51. The summed E-state index contributed by atoms with van der Waals surface area (Å²) in [5, 5.41) is -3.50. The average molecular weight is 502 g/mol. The number of rotatable bonds is 5. The van der Waals surface area contributed by atoms with Gasteiger partial charge in [-0.25, -0.2) is 0 Å². The summed E-state index contributed by atoms with van der Waals surface area (Å²) in [6.07, 6.45) is -20.4. The first-order valence-electron chi connectivity index (χ1n) is 5.89. The van der Waals surface area contributed by atoms with E-state index in [9.17, 15) is 65.5 Å². The van der Waals surface area contributed by atoms with Gasteiger partial charge in [0.15, 0.2) is 0 Å². The van der Waals surface area contributed by atoms with Crippen molar-refractivity contribution in [2.45, 2.75) is 42.0 Å². The lowest BCUT2D eigenvalue weighted by Gasteiger charge is -2.25. The van der Waals surface area contributed by atoms with Crippen molar-refractivity contribution in [2.24, 2.45) is 0 Å². The van der Waals surface area contributed by atoms with Gasteiger partial charge >= 0.3 is 49.1 Å². The van der Waals surface area contributed by atoms with Crippen LogP contribution in [0, 0.1) is 0 Å². The SMILES string of the molecule is CC(=O)OC(C(F)(F)F)C(F)(F)S(=O)(=O)O.O=S(=O)(O)C(F)(F)C(O)C(F)(F)F. The highest BCUT2D eigenvalue weighted by atomic mass is 32.2. The van der Waals surface area contributed by atoms with Crippen LogP contribution in [-0.4, -0.2) is 72.1 Å². The lowest BCUT2D eigenvalue weighted by atomic mass is 10.3. The van der Waals surface area contributed by atoms with Crippen LogP contribution in [0.3, 0.4) is 0 Å². The van der Waals surface area contributed by atoms with Crippen LogP contribution in [0.4, 0.5) is 43.9 Å². The monoisotopic (exact) mass is 502 g/mol. The van der Waals surface area contributed by atoms with E-state index in [2.05, 4.69) is 4.74 Å². The molecule has 0 spiro atoms. The molecule has 0 aromatic heterocycles. The largest absolute Gasteiger partial charge is 0.445 e. The van der Waals surface area contributed by atoms with E-state index in [0.717, 1.165) is 0 Å². The average Bonchev–Trinajstić information content (AvgIpc) is 2.39. The molecule has 3 N–H and O–H groups in total. The first-order valence-corrected chi connectivity index (χ1v) is 8.77. The molecule has 0 heterocycles. The van der Waals surface area contributed by atoms with Crippen molar-refractivity contribution in [3.63, 3.8) is 0 Å². The maximum absolute atomic E-state index is 12.6. The summed E-state index contributed by atoms with van der Waals surface area (Å²) in [6, 6.07) is 0. The molecule has 2 atom stereocenters. The van der Waals surface area contributed by atoms with Crippen molar-refractivity contribution in [1.29, 1.82) is 0 Å². The molecule has 0 bridgehead atoms. The topological polar surface area (TPSA) is 155 Å². The van der Waals surface area contributed by atoms with Gasteiger partial charge in [-0.05, 0) is 0 Å². The first kappa shape index (κ1) is 29.7. The molecule has 2 unspecified atom stereocenters. The molecule has 0 aliphatic heterocycles. The van der Waals surface area contributed by atoms with Gasteiger partial charge in [-0.2, -0.15) is 60.7 Å². The van der Waals surface area contributed by atoms with Crippen molar-refractivity contribution in [2.75, 3.05) is 0 Å². The summed E-state index contributed by atoms with van der Waals surface area (Å²) in [6.45, 7) is 0.374. The number of aliphatic hydroxyl groups excluding tert-OH is 1. The van der Waals surface area contributed by atoms with Crippen LogP contribution in [0.2, 0.25) is 0 Å². The molecular weight excluding hydrogens is 494 g/mol. The summed E-state index contributed by atoms with van der Waals surface area (Å²) >= 11 is 0. The minimum absolute atomic E-state index is 0.374. The summed E-state index contributed by atoms with van der Waals surface area (Å²) in [4.78, 5) is 10.1. The Balaban J connectivity index is 0. The molecule has 0 saturated carbocycles. The zero-order valence-corrected chi connectivity index (χ0v) is 14.7. The van der Waals surface area contributed by atoms with E-state index >= 15 is 0 Å². The Morgan fingerprint density at radius 3 is 1.21 bits per heavy atom. The molecule has 0 aliphatic carbocycles. The molecule has 176 valence electrons. The minimum atomic E-state index is -6.36. The zero-order chi connectivity index (χ0) is 24.4. The Hall–Kier alpha value is -1.45. The number of carbonyl (C=O) groups excluding carboxylic acids is 1. The summed E-state index contributed by atoms with van der Waals surface area (Å²) in [5.41, 5.74) is 0. The lowest BCUT2D eigenvalue weighted by molar-refractivity contribution is -0.258. The van der Waals surface area contributed by atoms with E-state index in [1.807, 2.05) is 0 Å². The smallest absolute Gasteiger partial charge is 0.432 e. The van der Waals surface area contributed by atoms with Crippen LogP contribution in [0.15, 0.2) is 0 Å². The second-order valence-electron chi connectivity index (χ2n) is 4.55. The van der Waals surface area contributed by atoms with Crippen molar-refractivity contribution in [3.8, 4) is 0 Å². The Morgan fingerprint density at radius 2 is 1.07 bits per heavy atom. The van der Waals surface area contributed by atoms with Crippen LogP contribution in [0.5, 0.6) is 0 Å².